The highest BCUT2D eigenvalue weighted by Gasteiger charge is 2.38. The number of hydrogen-bond acceptors (Lipinski definition) is 8. The maximum absolute atomic E-state index is 13.0. The first-order valence-corrected chi connectivity index (χ1v) is 15.5. The molecular formula is C27H40N4O6S2. The van der Waals surface area contributed by atoms with E-state index in [1.54, 1.807) is 39.8 Å². The van der Waals surface area contributed by atoms with E-state index >= 15 is 0 Å². The zero-order valence-corrected chi connectivity index (χ0v) is 24.9. The van der Waals surface area contributed by atoms with Crippen molar-refractivity contribution in [3.63, 3.8) is 0 Å². The molecule has 12 heteroatoms. The van der Waals surface area contributed by atoms with Crippen molar-refractivity contribution >= 4 is 47.3 Å². The molecule has 4 atom stereocenters. The van der Waals surface area contributed by atoms with Crippen molar-refractivity contribution in [3.8, 4) is 0 Å². The summed E-state index contributed by atoms with van der Waals surface area (Å²) < 4.78 is 8.40. The maximum atomic E-state index is 13.0. The molecule has 1 saturated carbocycles. The molecule has 3 amide bonds. The van der Waals surface area contributed by atoms with Gasteiger partial charge in [0.25, 0.3) is 11.6 Å². The number of benzene rings is 1. The van der Waals surface area contributed by atoms with Crippen LogP contribution >= 0.6 is 23.7 Å². The van der Waals surface area contributed by atoms with Gasteiger partial charge in [0, 0.05) is 23.1 Å². The van der Waals surface area contributed by atoms with Crippen molar-refractivity contribution in [2.24, 2.45) is 5.92 Å². The quantitative estimate of drug-likeness (QED) is 0.231. The first-order valence-electron chi connectivity index (χ1n) is 13.4. The fourth-order valence-corrected chi connectivity index (χ4v) is 7.31. The van der Waals surface area contributed by atoms with Gasteiger partial charge >= 0.3 is 6.09 Å². The van der Waals surface area contributed by atoms with E-state index in [4.69, 9.17) is 4.74 Å². The monoisotopic (exact) mass is 580 g/mol. The van der Waals surface area contributed by atoms with Crippen LogP contribution in [0, 0.1) is 16.0 Å². The Bertz CT molecular complexity index is 1030. The predicted octanol–water partition coefficient (Wildman–Crippen LogP) is 5.23. The minimum atomic E-state index is -0.794. The summed E-state index contributed by atoms with van der Waals surface area (Å²) in [6.45, 7) is 9.04. The minimum absolute atomic E-state index is 0.0524. The molecule has 2 N–H and O–H groups in total. The summed E-state index contributed by atoms with van der Waals surface area (Å²) in [5.74, 6) is 0.540. The number of carbonyl (C=O) groups excluding carboxylic acids is 3. The number of nitro benzene ring substituents is 1. The number of amides is 3. The molecule has 0 radical (unpaired) electrons. The number of nitro groups is 1. The van der Waals surface area contributed by atoms with Crippen molar-refractivity contribution in [2.45, 2.75) is 95.6 Å². The lowest BCUT2D eigenvalue weighted by Crippen LogP contribution is -2.53. The summed E-state index contributed by atoms with van der Waals surface area (Å²) in [6, 6.07) is 5.13. The van der Waals surface area contributed by atoms with Gasteiger partial charge in [0.2, 0.25) is 5.91 Å². The molecule has 2 aliphatic rings. The van der Waals surface area contributed by atoms with Gasteiger partial charge in [0.1, 0.15) is 17.7 Å². The lowest BCUT2D eigenvalue weighted by molar-refractivity contribution is -0.384. The van der Waals surface area contributed by atoms with Crippen LogP contribution in [0.15, 0.2) is 24.3 Å². The van der Waals surface area contributed by atoms with Crippen molar-refractivity contribution in [2.75, 3.05) is 11.6 Å². The maximum Gasteiger partial charge on any atom is 0.411 e. The first-order chi connectivity index (χ1) is 18.4. The van der Waals surface area contributed by atoms with E-state index in [1.165, 1.54) is 47.2 Å². The second-order valence-electron chi connectivity index (χ2n) is 11.3. The Morgan fingerprint density at radius 1 is 1.13 bits per heavy atom. The number of nitrogens with zero attached hydrogens (tertiary/aromatic N) is 2. The number of non-ortho nitro benzene ring substituents is 1. The molecule has 3 rings (SSSR count). The van der Waals surface area contributed by atoms with Gasteiger partial charge in [0.15, 0.2) is 0 Å². The van der Waals surface area contributed by atoms with Crippen molar-refractivity contribution < 1.29 is 24.0 Å². The van der Waals surface area contributed by atoms with Crippen molar-refractivity contribution in [1.82, 2.24) is 14.9 Å². The third-order valence-electron chi connectivity index (χ3n) is 7.10. The molecule has 1 saturated heterocycles. The van der Waals surface area contributed by atoms with Crippen LogP contribution in [-0.2, 0) is 14.3 Å². The third kappa shape index (κ3) is 8.76. The average molecular weight is 581 g/mol. The molecule has 1 aliphatic heterocycles. The fraction of sp³-hybridized carbons (Fsp3) is 0.667. The van der Waals surface area contributed by atoms with Gasteiger partial charge in [-0.25, -0.2) is 4.79 Å². The molecule has 39 heavy (non-hydrogen) atoms. The van der Waals surface area contributed by atoms with Gasteiger partial charge < -0.3 is 10.1 Å². The summed E-state index contributed by atoms with van der Waals surface area (Å²) >= 11 is 2.84. The Morgan fingerprint density at radius 3 is 2.36 bits per heavy atom. The standard InChI is InChI=1S/C27H40N4O6S2/c1-17(19-11-13-21(14-12-19)31(35)36)23(20-9-7-6-8-10-20)39-29-24(32)18(2)28-25(33)22-15-38-16-30(22)26(34)37-27(3,4)5/h11-14,17-18,20,22-23H,6-10,15-16H2,1-5H3,(H,28,33)(H,29,32)/t17-,18+,22+,23?/m1/s1. The topological polar surface area (TPSA) is 131 Å². The van der Waals surface area contributed by atoms with Crippen LogP contribution < -0.4 is 10.0 Å². The Kier molecular flexibility index (Phi) is 10.9. The molecule has 1 aromatic rings. The van der Waals surface area contributed by atoms with Crippen LogP contribution in [0.4, 0.5) is 10.5 Å². The second-order valence-corrected chi connectivity index (χ2v) is 13.3. The average Bonchev–Trinajstić information content (AvgIpc) is 3.39. The van der Waals surface area contributed by atoms with Crippen LogP contribution in [0.5, 0.6) is 0 Å². The summed E-state index contributed by atoms with van der Waals surface area (Å²) in [4.78, 5) is 50.6. The molecule has 2 fully saturated rings. The predicted molar refractivity (Wildman–Crippen MR) is 154 cm³/mol. The number of thioether (sulfide) groups is 1. The normalized spacial score (nSPS) is 20.5. The summed E-state index contributed by atoms with van der Waals surface area (Å²) in [5.41, 5.74) is 0.368. The van der Waals surface area contributed by atoms with Crippen LogP contribution in [-0.4, -0.2) is 62.3 Å². The molecule has 1 aliphatic carbocycles. The van der Waals surface area contributed by atoms with E-state index in [2.05, 4.69) is 17.0 Å². The fourth-order valence-electron chi connectivity index (χ4n) is 4.91. The van der Waals surface area contributed by atoms with Gasteiger partial charge in [-0.3, -0.25) is 29.3 Å². The highest BCUT2D eigenvalue weighted by atomic mass is 32.2. The third-order valence-corrected chi connectivity index (χ3v) is 9.49. The van der Waals surface area contributed by atoms with E-state index in [0.717, 1.165) is 31.2 Å². The van der Waals surface area contributed by atoms with Gasteiger partial charge in [-0.2, -0.15) is 0 Å². The van der Waals surface area contributed by atoms with Gasteiger partial charge in [-0.15, -0.1) is 11.8 Å². The molecule has 1 unspecified atom stereocenters. The van der Waals surface area contributed by atoms with Gasteiger partial charge in [-0.1, -0.05) is 38.3 Å². The minimum Gasteiger partial charge on any atom is -0.444 e. The SMILES string of the molecule is C[C@H](NC(=O)[C@@H]1CSCN1C(=O)OC(C)(C)C)C(=O)NSC(C1CCCCC1)[C@H](C)c1ccc([N+](=O)[O-])cc1. The molecule has 0 bridgehead atoms. The highest BCUT2D eigenvalue weighted by molar-refractivity contribution is 7.99. The first kappa shape index (κ1) is 31.1. The number of carbonyl (C=O) groups is 3. The highest BCUT2D eigenvalue weighted by Crippen LogP contribution is 2.40. The number of rotatable bonds is 9. The van der Waals surface area contributed by atoms with E-state index in [0.29, 0.717) is 17.5 Å². The van der Waals surface area contributed by atoms with Gasteiger partial charge in [0.05, 0.1) is 10.8 Å². The largest absolute Gasteiger partial charge is 0.444 e. The summed E-state index contributed by atoms with van der Waals surface area (Å²) in [6.07, 6.45) is 5.07. The Labute approximate surface area is 239 Å². The zero-order chi connectivity index (χ0) is 28.7. The smallest absolute Gasteiger partial charge is 0.411 e. The van der Waals surface area contributed by atoms with E-state index in [1.807, 2.05) is 0 Å². The van der Waals surface area contributed by atoms with E-state index in [-0.39, 0.29) is 28.7 Å². The second kappa shape index (κ2) is 13.7. The molecular weight excluding hydrogens is 540 g/mol. The molecule has 0 aromatic heterocycles. The Hall–Kier alpha value is -2.47. The van der Waals surface area contributed by atoms with Crippen LogP contribution in [0.25, 0.3) is 0 Å². The van der Waals surface area contributed by atoms with Crippen molar-refractivity contribution in [3.05, 3.63) is 39.9 Å². The molecule has 1 heterocycles. The van der Waals surface area contributed by atoms with Gasteiger partial charge in [-0.05, 0) is 69.9 Å². The van der Waals surface area contributed by atoms with Crippen LogP contribution in [0.3, 0.4) is 0 Å². The lowest BCUT2D eigenvalue weighted by atomic mass is 9.81. The summed E-state index contributed by atoms with van der Waals surface area (Å²) in [5, 5.41) is 13.9. The molecule has 10 nitrogen and oxygen atoms in total. The zero-order valence-electron chi connectivity index (χ0n) is 23.3. The Morgan fingerprint density at radius 2 is 1.77 bits per heavy atom. The number of ether oxygens (including phenoxy) is 1. The van der Waals surface area contributed by atoms with E-state index in [9.17, 15) is 24.5 Å². The van der Waals surface area contributed by atoms with Crippen LogP contribution in [0.2, 0.25) is 0 Å². The lowest BCUT2D eigenvalue weighted by Gasteiger charge is -2.34. The molecule has 0 spiro atoms. The van der Waals surface area contributed by atoms with Crippen LogP contribution in [0.1, 0.15) is 78.2 Å². The number of hydrogen-bond donors (Lipinski definition) is 2. The van der Waals surface area contributed by atoms with E-state index < -0.39 is 28.7 Å². The molecule has 1 aromatic carbocycles. The molecule has 216 valence electrons. The number of nitrogens with one attached hydrogen (secondary N) is 2. The Balaban J connectivity index is 1.61. The van der Waals surface area contributed by atoms with Crippen molar-refractivity contribution in [1.29, 1.82) is 0 Å². The summed E-state index contributed by atoms with van der Waals surface area (Å²) in [7, 11) is 0.